The summed E-state index contributed by atoms with van der Waals surface area (Å²) < 4.78 is 1.66. The van der Waals surface area contributed by atoms with Crippen LogP contribution >= 0.6 is 0 Å². The molecule has 106 valence electrons. The maximum Gasteiger partial charge on any atom is 0.257 e. The number of hydrogen-bond donors (Lipinski definition) is 1. The number of nitrogen functional groups attached to an aromatic ring is 1. The fraction of sp³-hybridized carbons (Fsp3) is 0.333. The summed E-state index contributed by atoms with van der Waals surface area (Å²) >= 11 is 0. The van der Waals surface area contributed by atoms with Gasteiger partial charge in [0.05, 0.1) is 11.3 Å². The molecule has 0 spiro atoms. The molecule has 2 aromatic rings. The van der Waals surface area contributed by atoms with Gasteiger partial charge in [0.1, 0.15) is 0 Å². The zero-order valence-corrected chi connectivity index (χ0v) is 12.1. The lowest BCUT2D eigenvalue weighted by Crippen LogP contribution is -2.30. The van der Waals surface area contributed by atoms with Gasteiger partial charge in [-0.2, -0.15) is 5.10 Å². The zero-order chi connectivity index (χ0) is 14.7. The summed E-state index contributed by atoms with van der Waals surface area (Å²) in [5.41, 5.74) is 8.92. The molecule has 2 rings (SSSR count). The number of carbonyl (C=O) groups excluding carboxylic acids is 1. The molecule has 2 N–H and O–H groups in total. The van der Waals surface area contributed by atoms with Crippen LogP contribution < -0.4 is 5.73 Å². The lowest BCUT2D eigenvalue weighted by molar-refractivity contribution is 0.0752. The van der Waals surface area contributed by atoms with Crippen molar-refractivity contribution in [1.29, 1.82) is 0 Å². The topological polar surface area (TPSA) is 64.2 Å². The third-order valence-electron chi connectivity index (χ3n) is 3.24. The van der Waals surface area contributed by atoms with E-state index in [0.29, 0.717) is 24.3 Å². The van der Waals surface area contributed by atoms with Crippen molar-refractivity contribution >= 4 is 11.6 Å². The maximum absolute atomic E-state index is 12.5. The molecule has 1 aromatic carbocycles. The van der Waals surface area contributed by atoms with E-state index in [1.807, 2.05) is 45.2 Å². The van der Waals surface area contributed by atoms with Crippen molar-refractivity contribution in [3.05, 3.63) is 47.3 Å². The van der Waals surface area contributed by atoms with Crippen molar-refractivity contribution in [1.82, 2.24) is 14.7 Å². The number of aromatic nitrogens is 2. The highest BCUT2D eigenvalue weighted by molar-refractivity contribution is 5.95. The van der Waals surface area contributed by atoms with E-state index in [1.165, 1.54) is 0 Å². The van der Waals surface area contributed by atoms with Crippen molar-refractivity contribution in [2.45, 2.75) is 20.4 Å². The molecule has 0 bridgehead atoms. The van der Waals surface area contributed by atoms with Crippen molar-refractivity contribution in [2.75, 3.05) is 12.3 Å². The Morgan fingerprint density at radius 3 is 2.75 bits per heavy atom. The van der Waals surface area contributed by atoms with Crippen LogP contribution in [-0.4, -0.2) is 27.1 Å². The second-order valence-corrected chi connectivity index (χ2v) is 4.87. The molecule has 0 aliphatic rings. The first kappa shape index (κ1) is 14.1. The molecule has 0 aliphatic heterocycles. The standard InChI is InChI=1S/C15H20N4O/c1-4-19(9-12-6-5-7-13(16)8-12)15(20)14-10-18(3)17-11(14)2/h5-8,10H,4,9,16H2,1-3H3. The van der Waals surface area contributed by atoms with E-state index in [9.17, 15) is 4.79 Å². The van der Waals surface area contributed by atoms with E-state index in [0.717, 1.165) is 11.3 Å². The number of benzene rings is 1. The van der Waals surface area contributed by atoms with Crippen LogP contribution in [0.5, 0.6) is 0 Å². The Labute approximate surface area is 119 Å². The molecule has 1 heterocycles. The average Bonchev–Trinajstić information content (AvgIpc) is 2.74. The first-order valence-electron chi connectivity index (χ1n) is 6.65. The summed E-state index contributed by atoms with van der Waals surface area (Å²) in [5, 5.41) is 4.22. The van der Waals surface area contributed by atoms with E-state index in [1.54, 1.807) is 15.8 Å². The molecule has 0 aliphatic carbocycles. The monoisotopic (exact) mass is 272 g/mol. The normalized spacial score (nSPS) is 10.6. The van der Waals surface area contributed by atoms with Gasteiger partial charge in [-0.25, -0.2) is 0 Å². The Kier molecular flexibility index (Phi) is 4.08. The second-order valence-electron chi connectivity index (χ2n) is 4.87. The number of nitrogens with zero attached hydrogens (tertiary/aromatic N) is 3. The quantitative estimate of drug-likeness (QED) is 0.865. The molecule has 5 nitrogen and oxygen atoms in total. The van der Waals surface area contributed by atoms with Gasteiger partial charge in [0.25, 0.3) is 5.91 Å². The maximum atomic E-state index is 12.5. The molecular formula is C15H20N4O. The lowest BCUT2D eigenvalue weighted by atomic mass is 10.1. The van der Waals surface area contributed by atoms with Gasteiger partial charge in [0.2, 0.25) is 0 Å². The first-order chi connectivity index (χ1) is 9.51. The summed E-state index contributed by atoms with van der Waals surface area (Å²) in [6, 6.07) is 7.61. The van der Waals surface area contributed by atoms with Gasteiger partial charge in [0.15, 0.2) is 0 Å². The number of nitrogens with two attached hydrogens (primary N) is 1. The third kappa shape index (κ3) is 2.99. The van der Waals surface area contributed by atoms with Gasteiger partial charge in [-0.05, 0) is 31.5 Å². The molecule has 5 heteroatoms. The van der Waals surface area contributed by atoms with E-state index in [4.69, 9.17) is 5.73 Å². The number of anilines is 1. The molecule has 1 amide bonds. The number of amides is 1. The van der Waals surface area contributed by atoms with Gasteiger partial charge in [-0.1, -0.05) is 12.1 Å². The Hall–Kier alpha value is -2.30. The minimum Gasteiger partial charge on any atom is -0.399 e. The summed E-state index contributed by atoms with van der Waals surface area (Å²) in [6.45, 7) is 5.01. The average molecular weight is 272 g/mol. The second kappa shape index (κ2) is 5.77. The van der Waals surface area contributed by atoms with E-state index < -0.39 is 0 Å². The number of aryl methyl sites for hydroxylation is 2. The summed E-state index contributed by atoms with van der Waals surface area (Å²) in [7, 11) is 1.82. The Balaban J connectivity index is 2.20. The molecule has 0 unspecified atom stereocenters. The van der Waals surface area contributed by atoms with Crippen LogP contribution in [-0.2, 0) is 13.6 Å². The minimum atomic E-state index is 0.000486. The SMILES string of the molecule is CCN(Cc1cccc(N)c1)C(=O)c1cn(C)nc1C. The smallest absolute Gasteiger partial charge is 0.257 e. The Morgan fingerprint density at radius 1 is 1.45 bits per heavy atom. The van der Waals surface area contributed by atoms with Crippen LogP contribution in [0.1, 0.15) is 28.5 Å². The highest BCUT2D eigenvalue weighted by atomic mass is 16.2. The van der Waals surface area contributed by atoms with E-state index in [2.05, 4.69) is 5.10 Å². The molecule has 0 atom stereocenters. The minimum absolute atomic E-state index is 0.000486. The largest absolute Gasteiger partial charge is 0.399 e. The van der Waals surface area contributed by atoms with Gasteiger partial charge in [-0.3, -0.25) is 9.48 Å². The molecule has 1 aromatic heterocycles. The van der Waals surface area contributed by atoms with Gasteiger partial charge < -0.3 is 10.6 Å². The zero-order valence-electron chi connectivity index (χ0n) is 12.1. The molecule has 0 saturated heterocycles. The molecule has 0 saturated carbocycles. The van der Waals surface area contributed by atoms with Crippen LogP contribution in [0.2, 0.25) is 0 Å². The van der Waals surface area contributed by atoms with Gasteiger partial charge in [-0.15, -0.1) is 0 Å². The molecular weight excluding hydrogens is 252 g/mol. The molecule has 20 heavy (non-hydrogen) atoms. The lowest BCUT2D eigenvalue weighted by Gasteiger charge is -2.20. The van der Waals surface area contributed by atoms with Crippen LogP contribution in [0.4, 0.5) is 5.69 Å². The van der Waals surface area contributed by atoms with E-state index in [-0.39, 0.29) is 5.91 Å². The summed E-state index contributed by atoms with van der Waals surface area (Å²) in [6.07, 6.45) is 1.76. The van der Waals surface area contributed by atoms with Crippen molar-refractivity contribution in [3.8, 4) is 0 Å². The number of carbonyl (C=O) groups is 1. The highest BCUT2D eigenvalue weighted by Gasteiger charge is 2.18. The van der Waals surface area contributed by atoms with Crippen LogP contribution in [0.15, 0.2) is 30.5 Å². The fourth-order valence-electron chi connectivity index (χ4n) is 2.22. The van der Waals surface area contributed by atoms with Crippen molar-refractivity contribution < 1.29 is 4.79 Å². The predicted octanol–water partition coefficient (Wildman–Crippen LogP) is 1.97. The Morgan fingerprint density at radius 2 is 2.20 bits per heavy atom. The summed E-state index contributed by atoms with van der Waals surface area (Å²) in [4.78, 5) is 14.3. The Bertz CT molecular complexity index is 618. The van der Waals surface area contributed by atoms with Crippen LogP contribution in [0.3, 0.4) is 0 Å². The van der Waals surface area contributed by atoms with Crippen LogP contribution in [0, 0.1) is 6.92 Å². The predicted molar refractivity (Wildman–Crippen MR) is 79.2 cm³/mol. The third-order valence-corrected chi connectivity index (χ3v) is 3.24. The first-order valence-corrected chi connectivity index (χ1v) is 6.65. The molecule has 0 radical (unpaired) electrons. The number of rotatable bonds is 4. The summed E-state index contributed by atoms with van der Waals surface area (Å²) in [5.74, 6) is 0.000486. The highest BCUT2D eigenvalue weighted by Crippen LogP contribution is 2.14. The molecule has 0 fully saturated rings. The van der Waals surface area contributed by atoms with Crippen molar-refractivity contribution in [3.63, 3.8) is 0 Å². The van der Waals surface area contributed by atoms with Crippen molar-refractivity contribution in [2.24, 2.45) is 7.05 Å². The fourth-order valence-corrected chi connectivity index (χ4v) is 2.22. The van der Waals surface area contributed by atoms with Crippen LogP contribution in [0.25, 0.3) is 0 Å². The number of hydrogen-bond acceptors (Lipinski definition) is 3. The van der Waals surface area contributed by atoms with E-state index >= 15 is 0 Å². The van der Waals surface area contributed by atoms with Gasteiger partial charge >= 0.3 is 0 Å². The van der Waals surface area contributed by atoms with Gasteiger partial charge in [0, 0.05) is 32.0 Å².